The van der Waals surface area contributed by atoms with Gasteiger partial charge in [-0.05, 0) is 12.2 Å². The zero-order valence-electron chi connectivity index (χ0n) is 7.43. The average molecular weight is 222 g/mol. The van der Waals surface area contributed by atoms with Gasteiger partial charge in [-0.15, -0.1) is 0 Å². The number of aromatic nitrogens is 2. The van der Waals surface area contributed by atoms with Gasteiger partial charge in [0.1, 0.15) is 11.6 Å². The van der Waals surface area contributed by atoms with Crippen molar-refractivity contribution >= 4 is 24.3 Å². The molecule has 76 valence electrons. The number of carbonyl (C=O) groups excluding carboxylic acids is 1. The lowest BCUT2D eigenvalue weighted by molar-refractivity contribution is -0.114. The summed E-state index contributed by atoms with van der Waals surface area (Å²) >= 11 is 4.79. The van der Waals surface area contributed by atoms with Gasteiger partial charge in [-0.25, -0.2) is 0 Å². The first-order valence-corrected chi connectivity index (χ1v) is 4.18. The lowest BCUT2D eigenvalue weighted by atomic mass is 10.3. The third kappa shape index (κ3) is 2.62. The van der Waals surface area contributed by atoms with Crippen molar-refractivity contribution in [2.45, 2.75) is 0 Å². The summed E-state index contributed by atoms with van der Waals surface area (Å²) in [5.41, 5.74) is 4.32. The predicted octanol–water partition coefficient (Wildman–Crippen LogP) is -0.244. The number of H-pyrrole nitrogens is 1. The Labute approximate surface area is 89.3 Å². The summed E-state index contributed by atoms with van der Waals surface area (Å²) < 4.78 is 1.33. The van der Waals surface area contributed by atoms with Crippen molar-refractivity contribution in [3.63, 3.8) is 0 Å². The molecular weight excluding hydrogens is 216 g/mol. The summed E-state index contributed by atoms with van der Waals surface area (Å²) in [4.78, 5) is 23.9. The summed E-state index contributed by atoms with van der Waals surface area (Å²) in [6.07, 6.45) is 2.49. The van der Waals surface area contributed by atoms with Crippen LogP contribution in [0.4, 0.5) is 0 Å². The van der Waals surface area contributed by atoms with Crippen molar-refractivity contribution in [1.82, 2.24) is 9.55 Å². The Hall–Kier alpha value is -2.20. The number of amides is 1. The number of nitrogens with zero attached hydrogens (tertiary/aromatic N) is 2. The molecule has 0 aliphatic rings. The molecule has 1 rings (SSSR count). The van der Waals surface area contributed by atoms with Crippen LogP contribution in [0.2, 0.25) is 0 Å². The summed E-state index contributed by atoms with van der Waals surface area (Å²) in [5.74, 6) is -0.856. The Morgan fingerprint density at radius 1 is 1.73 bits per heavy atom. The van der Waals surface area contributed by atoms with E-state index in [1.165, 1.54) is 16.8 Å². The highest BCUT2D eigenvalue weighted by molar-refractivity contribution is 7.71. The fourth-order valence-electron chi connectivity index (χ4n) is 0.816. The second-order valence-corrected chi connectivity index (χ2v) is 2.92. The second-order valence-electron chi connectivity index (χ2n) is 2.54. The van der Waals surface area contributed by atoms with Gasteiger partial charge in [-0.1, -0.05) is 0 Å². The van der Waals surface area contributed by atoms with Gasteiger partial charge in [-0.3, -0.25) is 19.1 Å². The van der Waals surface area contributed by atoms with E-state index >= 15 is 0 Å². The highest BCUT2D eigenvalue weighted by Gasteiger charge is 2.02. The molecule has 0 aliphatic carbocycles. The number of aromatic amines is 1. The van der Waals surface area contributed by atoms with Crippen LogP contribution >= 0.6 is 12.2 Å². The Kier molecular flexibility index (Phi) is 3.15. The number of carbonyl (C=O) groups is 1. The molecule has 0 saturated heterocycles. The maximum atomic E-state index is 10.8. The van der Waals surface area contributed by atoms with Crippen LogP contribution in [0.5, 0.6) is 0 Å². The average Bonchev–Trinajstić information content (AvgIpc) is 2.16. The Morgan fingerprint density at radius 3 is 2.87 bits per heavy atom. The molecule has 1 aromatic heterocycles. The van der Waals surface area contributed by atoms with Gasteiger partial charge in [0, 0.05) is 18.5 Å². The minimum Gasteiger partial charge on any atom is -0.365 e. The highest BCUT2D eigenvalue weighted by atomic mass is 32.1. The van der Waals surface area contributed by atoms with Crippen molar-refractivity contribution in [3.05, 3.63) is 33.0 Å². The van der Waals surface area contributed by atoms with Gasteiger partial charge in [0.25, 0.3) is 11.5 Å². The Balaban J connectivity index is 3.32. The van der Waals surface area contributed by atoms with E-state index < -0.39 is 5.91 Å². The number of nitrogens with one attached hydrogen (secondary N) is 1. The molecule has 0 bridgehead atoms. The summed E-state index contributed by atoms with van der Waals surface area (Å²) in [6, 6.07) is 2.83. The topological polar surface area (TPSA) is 105 Å². The molecule has 0 fully saturated rings. The van der Waals surface area contributed by atoms with E-state index in [0.717, 1.165) is 6.20 Å². The number of primary amides is 1. The quantitative estimate of drug-likeness (QED) is 0.409. The van der Waals surface area contributed by atoms with Crippen LogP contribution in [-0.4, -0.2) is 15.5 Å². The molecule has 0 radical (unpaired) electrons. The lowest BCUT2D eigenvalue weighted by Gasteiger charge is -1.98. The molecule has 1 amide bonds. The maximum Gasteiger partial charge on any atom is 0.260 e. The molecule has 0 atom stereocenters. The smallest absolute Gasteiger partial charge is 0.260 e. The molecule has 0 spiro atoms. The van der Waals surface area contributed by atoms with Gasteiger partial charge in [0.05, 0.1) is 0 Å². The van der Waals surface area contributed by atoms with Crippen molar-refractivity contribution in [3.8, 4) is 6.07 Å². The Morgan fingerprint density at radius 2 is 2.40 bits per heavy atom. The molecule has 0 unspecified atom stereocenters. The van der Waals surface area contributed by atoms with Crippen LogP contribution in [0.1, 0.15) is 0 Å². The first kappa shape index (κ1) is 10.9. The van der Waals surface area contributed by atoms with E-state index in [1.807, 2.05) is 0 Å². The minimum absolute atomic E-state index is 0.0801. The third-order valence-electron chi connectivity index (χ3n) is 1.51. The van der Waals surface area contributed by atoms with Crippen molar-refractivity contribution < 1.29 is 4.79 Å². The van der Waals surface area contributed by atoms with Crippen LogP contribution in [0.25, 0.3) is 6.20 Å². The van der Waals surface area contributed by atoms with Crippen molar-refractivity contribution in [2.75, 3.05) is 0 Å². The van der Waals surface area contributed by atoms with E-state index in [-0.39, 0.29) is 15.9 Å². The minimum atomic E-state index is -0.856. The zero-order chi connectivity index (χ0) is 11.4. The summed E-state index contributed by atoms with van der Waals surface area (Å²) in [7, 11) is 0. The number of hydrogen-bond acceptors (Lipinski definition) is 4. The molecular formula is C8H6N4O2S. The van der Waals surface area contributed by atoms with E-state index in [2.05, 4.69) is 4.98 Å². The van der Waals surface area contributed by atoms with Crippen LogP contribution in [-0.2, 0) is 4.79 Å². The van der Waals surface area contributed by atoms with Crippen molar-refractivity contribution in [2.24, 2.45) is 5.73 Å². The first-order valence-electron chi connectivity index (χ1n) is 3.78. The molecule has 15 heavy (non-hydrogen) atoms. The van der Waals surface area contributed by atoms with E-state index in [0.29, 0.717) is 0 Å². The number of rotatable bonds is 2. The molecule has 1 heterocycles. The molecule has 3 N–H and O–H groups in total. The van der Waals surface area contributed by atoms with Crippen LogP contribution < -0.4 is 11.3 Å². The number of hydrogen-bond donors (Lipinski definition) is 2. The largest absolute Gasteiger partial charge is 0.365 e. The van der Waals surface area contributed by atoms with Gasteiger partial charge >= 0.3 is 0 Å². The van der Waals surface area contributed by atoms with Gasteiger partial charge < -0.3 is 5.73 Å². The standard InChI is InChI=1S/C8H6N4O2S/c9-3-5(7(10)14)4-12-2-1-6(13)11-8(12)15/h1-2,4H,(H2,10,14)(H,11,13,15). The van der Waals surface area contributed by atoms with Crippen LogP contribution in [0, 0.1) is 16.1 Å². The molecule has 6 nitrogen and oxygen atoms in total. The number of nitriles is 1. The highest BCUT2D eigenvalue weighted by Crippen LogP contribution is 1.96. The van der Waals surface area contributed by atoms with Gasteiger partial charge in [0.15, 0.2) is 4.77 Å². The fraction of sp³-hybridized carbons (Fsp3) is 0. The molecule has 0 aliphatic heterocycles. The lowest BCUT2D eigenvalue weighted by Crippen LogP contribution is -2.14. The van der Waals surface area contributed by atoms with Crippen LogP contribution in [0.15, 0.2) is 22.6 Å². The van der Waals surface area contributed by atoms with E-state index in [9.17, 15) is 9.59 Å². The monoisotopic (exact) mass is 222 g/mol. The maximum absolute atomic E-state index is 10.8. The van der Waals surface area contributed by atoms with Gasteiger partial charge in [0.2, 0.25) is 0 Å². The van der Waals surface area contributed by atoms with E-state index in [1.54, 1.807) is 6.07 Å². The fourth-order valence-corrected chi connectivity index (χ4v) is 1.03. The Bertz CT molecular complexity index is 575. The molecule has 7 heteroatoms. The molecule has 0 aromatic carbocycles. The normalized spacial score (nSPS) is 10.7. The van der Waals surface area contributed by atoms with Crippen molar-refractivity contribution in [1.29, 1.82) is 5.26 Å². The zero-order valence-corrected chi connectivity index (χ0v) is 8.25. The third-order valence-corrected chi connectivity index (χ3v) is 1.82. The molecule has 1 aromatic rings. The SMILES string of the molecule is N#CC(=Cn1ccc(=O)[nH]c1=S)C(N)=O. The summed E-state index contributed by atoms with van der Waals surface area (Å²) in [6.45, 7) is 0. The van der Waals surface area contributed by atoms with Gasteiger partial charge in [-0.2, -0.15) is 5.26 Å². The first-order chi connectivity index (χ1) is 7.04. The summed E-state index contributed by atoms with van der Waals surface area (Å²) in [5, 5.41) is 8.56. The number of nitrogens with two attached hydrogens (primary N) is 1. The van der Waals surface area contributed by atoms with Crippen LogP contribution in [0.3, 0.4) is 0 Å². The molecule has 0 saturated carbocycles. The predicted molar refractivity (Wildman–Crippen MR) is 55.0 cm³/mol. The van der Waals surface area contributed by atoms with E-state index in [4.69, 9.17) is 23.2 Å². The second kappa shape index (κ2) is 4.34.